The average Bonchev–Trinajstić information content (AvgIpc) is 0. The van der Waals surface area contributed by atoms with Gasteiger partial charge in [0.1, 0.15) is 0 Å². The third kappa shape index (κ3) is 9.52. The molecule has 0 heterocycles. The summed E-state index contributed by atoms with van der Waals surface area (Å²) in [5.74, 6) is 0. The topological polar surface area (TPSA) is 57.0 Å². The SMILES string of the molecule is [Mo+4].[O-2].[O-2].[Pu]. The Labute approximate surface area is 60.8 Å². The molecule has 0 saturated carbocycles. The van der Waals surface area contributed by atoms with Gasteiger partial charge in [-0.25, -0.2) is 0 Å². The van der Waals surface area contributed by atoms with Crippen molar-refractivity contribution in [3.8, 4) is 0 Å². The smallest absolute Gasteiger partial charge is 2.00 e. The zero-order chi connectivity index (χ0) is 0. The molecule has 4 heteroatoms. The van der Waals surface area contributed by atoms with Crippen LogP contribution < -0.4 is 0 Å². The summed E-state index contributed by atoms with van der Waals surface area (Å²) in [7, 11) is 0. The molecular formula is MoO2Pu. The second-order valence-corrected chi connectivity index (χ2v) is 0. The molecule has 0 radical (unpaired) electrons. The summed E-state index contributed by atoms with van der Waals surface area (Å²) >= 11 is 0. The van der Waals surface area contributed by atoms with E-state index in [4.69, 9.17) is 0 Å². The second-order valence-electron chi connectivity index (χ2n) is 0. The second kappa shape index (κ2) is 23.3. The Bertz CT molecular complexity index is 6.00. The van der Waals surface area contributed by atoms with Crippen LogP contribution in [0.3, 0.4) is 0 Å². The van der Waals surface area contributed by atoms with Crippen molar-refractivity contribution in [1.29, 1.82) is 0 Å². The molecule has 0 aromatic heterocycles. The molecule has 0 aliphatic rings. The summed E-state index contributed by atoms with van der Waals surface area (Å²) in [6.45, 7) is 0. The van der Waals surface area contributed by atoms with E-state index in [2.05, 4.69) is 0 Å². The summed E-state index contributed by atoms with van der Waals surface area (Å²) in [5.41, 5.74) is 0. The monoisotopic (exact) mass is 368 g/mol. The Balaban J connectivity index is 0. The largest absolute Gasteiger partial charge is 4.00 e. The first-order valence-corrected chi connectivity index (χ1v) is 0. The van der Waals surface area contributed by atoms with Crippen molar-refractivity contribution in [1.82, 2.24) is 0 Å². The van der Waals surface area contributed by atoms with E-state index in [1.807, 2.05) is 0 Å². The summed E-state index contributed by atoms with van der Waals surface area (Å²) in [6, 6.07) is 0. The van der Waals surface area contributed by atoms with Gasteiger partial charge in [-0.15, -0.1) is 0 Å². The van der Waals surface area contributed by atoms with E-state index < -0.39 is 0 Å². The fourth-order valence-electron chi connectivity index (χ4n) is 0. The molecular weight excluding hydrogens is 372 g/mol. The first-order chi connectivity index (χ1) is 0. The molecule has 0 amide bonds. The van der Waals surface area contributed by atoms with Crippen LogP contribution in [0.15, 0.2) is 0 Å². The van der Waals surface area contributed by atoms with E-state index in [0.29, 0.717) is 0 Å². The Morgan fingerprint density at radius 2 is 0.750 bits per heavy atom. The molecule has 0 saturated heterocycles. The summed E-state index contributed by atoms with van der Waals surface area (Å²) in [6.07, 6.45) is 0. The molecule has 0 spiro atoms. The minimum absolute atomic E-state index is 0. The molecule has 0 aliphatic carbocycles. The normalized spacial score (nSPS) is 0. The van der Waals surface area contributed by atoms with Crippen LogP contribution in [0.2, 0.25) is 0 Å². The van der Waals surface area contributed by atoms with Gasteiger partial charge in [0.05, 0.1) is 0 Å². The van der Waals surface area contributed by atoms with Gasteiger partial charge in [0.15, 0.2) is 0 Å². The van der Waals surface area contributed by atoms with Gasteiger partial charge < -0.3 is 11.0 Å². The van der Waals surface area contributed by atoms with Crippen LogP contribution in [-0.4, -0.2) is 0 Å². The Morgan fingerprint density at radius 3 is 0.750 bits per heavy atom. The molecule has 0 bridgehead atoms. The van der Waals surface area contributed by atoms with Gasteiger partial charge in [0.2, 0.25) is 0 Å². The molecule has 0 aromatic rings. The molecule has 0 atom stereocenters. The quantitative estimate of drug-likeness (QED) is 0.528. The molecule has 0 N–H and O–H groups in total. The molecule has 0 unspecified atom stereocenters. The van der Waals surface area contributed by atoms with Crippen LogP contribution in [0.1, 0.15) is 0 Å². The summed E-state index contributed by atoms with van der Waals surface area (Å²) in [4.78, 5) is 0. The Morgan fingerprint density at radius 1 is 0.750 bits per heavy atom. The molecule has 24 valence electrons. The van der Waals surface area contributed by atoms with Crippen LogP contribution in [0.25, 0.3) is 0 Å². The third-order valence-corrected chi connectivity index (χ3v) is 0. The van der Waals surface area contributed by atoms with E-state index in [-0.39, 0.29) is 61.2 Å². The Hall–Kier alpha value is 1.60. The zero-order valence-corrected chi connectivity index (χ0v) is 7.04. The van der Waals surface area contributed by atoms with Crippen molar-refractivity contribution in [2.24, 2.45) is 0 Å². The van der Waals surface area contributed by atoms with Crippen molar-refractivity contribution in [2.45, 2.75) is 0 Å². The number of hydrogen-bond donors (Lipinski definition) is 0. The van der Waals surface area contributed by atoms with Gasteiger partial charge >= 0.3 is 21.1 Å². The van der Waals surface area contributed by atoms with Gasteiger partial charge in [0.25, 0.3) is 0 Å². The van der Waals surface area contributed by atoms with E-state index >= 15 is 0 Å². The van der Waals surface area contributed by atoms with Crippen molar-refractivity contribution in [2.75, 3.05) is 0 Å². The van der Waals surface area contributed by atoms with E-state index in [1.165, 1.54) is 0 Å². The Kier molecular flexibility index (Phi) is 271. The van der Waals surface area contributed by atoms with Crippen molar-refractivity contribution in [3.63, 3.8) is 0 Å². The fourth-order valence-corrected chi connectivity index (χ4v) is 0. The van der Waals surface area contributed by atoms with Crippen LogP contribution in [-0.2, 0) is 32.0 Å². The predicted octanol–water partition coefficient (Wildman–Crippen LogP) is -0.240. The third-order valence-electron chi connectivity index (χ3n) is 0. The molecule has 0 rings (SSSR count). The summed E-state index contributed by atoms with van der Waals surface area (Å²) < 4.78 is 0. The van der Waals surface area contributed by atoms with Crippen LogP contribution >= 0.6 is 0 Å². The maximum atomic E-state index is 0. The number of rotatable bonds is 0. The molecule has 2 nitrogen and oxygen atoms in total. The molecule has 4 heavy (non-hydrogen) atoms. The van der Waals surface area contributed by atoms with Crippen molar-refractivity contribution < 1.29 is 61.2 Å². The van der Waals surface area contributed by atoms with Crippen LogP contribution in [0, 0.1) is 29.2 Å². The number of hydrogen-bond acceptors (Lipinski definition) is 0. The zero-order valence-electron chi connectivity index (χ0n) is 1.63. The maximum Gasteiger partial charge on any atom is 4.00 e. The first kappa shape index (κ1) is 46.4. The van der Waals surface area contributed by atoms with E-state index in [1.54, 1.807) is 0 Å². The van der Waals surface area contributed by atoms with Crippen LogP contribution in [0.5, 0.6) is 0 Å². The van der Waals surface area contributed by atoms with Gasteiger partial charge in [-0.1, -0.05) is 0 Å². The van der Waals surface area contributed by atoms with Crippen molar-refractivity contribution >= 4 is 0 Å². The van der Waals surface area contributed by atoms with Crippen molar-refractivity contribution in [3.05, 3.63) is 0 Å². The molecule has 0 aliphatic heterocycles. The molecule has 0 fully saturated rings. The van der Waals surface area contributed by atoms with E-state index in [0.717, 1.165) is 0 Å². The predicted molar refractivity (Wildman–Crippen MR) is 1.37 cm³/mol. The summed E-state index contributed by atoms with van der Waals surface area (Å²) in [5, 5.41) is 0. The standard InChI is InChI=1S/Mo.2O.Pu/q+4;2*-2;. The molecule has 0 aromatic carbocycles. The van der Waals surface area contributed by atoms with E-state index in [9.17, 15) is 0 Å². The fraction of sp³-hybridized carbons (Fsp3) is 0. The van der Waals surface area contributed by atoms with Crippen LogP contribution in [0.4, 0.5) is 0 Å². The van der Waals surface area contributed by atoms with Gasteiger partial charge in [-0.3, -0.25) is 0 Å². The maximum absolute atomic E-state index is 0. The van der Waals surface area contributed by atoms with Gasteiger partial charge in [-0.2, -0.15) is 0 Å². The van der Waals surface area contributed by atoms with Gasteiger partial charge in [-0.05, 0) is 0 Å². The average molecular weight is 372 g/mol. The first-order valence-electron chi connectivity index (χ1n) is 0. The minimum atomic E-state index is 0. The minimum Gasteiger partial charge on any atom is -2.00 e. The van der Waals surface area contributed by atoms with Gasteiger partial charge in [0, 0.05) is 29.2 Å².